The van der Waals surface area contributed by atoms with Gasteiger partial charge in [0.05, 0.1) is 5.75 Å². The summed E-state index contributed by atoms with van der Waals surface area (Å²) in [5.74, 6) is 0.440. The number of thioether (sulfide) groups is 1. The highest BCUT2D eigenvalue weighted by Crippen LogP contribution is 2.26. The van der Waals surface area contributed by atoms with Gasteiger partial charge in [-0.1, -0.05) is 103 Å². The molecule has 0 heterocycles. The quantitative estimate of drug-likeness (QED) is 0.215. The molecule has 0 saturated heterocycles. The van der Waals surface area contributed by atoms with Crippen LogP contribution in [0.4, 0.5) is 0 Å². The van der Waals surface area contributed by atoms with Crippen molar-refractivity contribution in [2.75, 3.05) is 12.3 Å². The molecular weight excluding hydrogens is 547 g/mol. The third-order valence-electron chi connectivity index (χ3n) is 5.90. The SMILES string of the molecule is CCCCNC(=O)[C@H](Cc1ccccc1)N(Cc1ccccc1Cl)C(=O)CSCc1ccc(Cl)cc1Cl. The van der Waals surface area contributed by atoms with Crippen molar-refractivity contribution in [2.24, 2.45) is 0 Å². The fraction of sp³-hybridized carbons (Fsp3) is 0.310. The lowest BCUT2D eigenvalue weighted by Crippen LogP contribution is -2.51. The Morgan fingerprint density at radius 1 is 0.919 bits per heavy atom. The zero-order valence-corrected chi connectivity index (χ0v) is 23.8. The Hall–Kier alpha value is -2.18. The van der Waals surface area contributed by atoms with Crippen LogP contribution in [0.1, 0.15) is 36.5 Å². The molecule has 0 fully saturated rings. The monoisotopic (exact) mass is 576 g/mol. The summed E-state index contributed by atoms with van der Waals surface area (Å²) in [6, 6.07) is 21.8. The number of amides is 2. The van der Waals surface area contributed by atoms with E-state index in [1.807, 2.05) is 54.6 Å². The van der Waals surface area contributed by atoms with Gasteiger partial charge in [0.2, 0.25) is 11.8 Å². The van der Waals surface area contributed by atoms with Gasteiger partial charge in [-0.2, -0.15) is 0 Å². The van der Waals surface area contributed by atoms with Crippen molar-refractivity contribution >= 4 is 58.4 Å². The largest absolute Gasteiger partial charge is 0.354 e. The number of carbonyl (C=O) groups is 2. The van der Waals surface area contributed by atoms with Gasteiger partial charge in [0.1, 0.15) is 6.04 Å². The predicted molar refractivity (Wildman–Crippen MR) is 156 cm³/mol. The number of carbonyl (C=O) groups excluding carboxylic acids is 2. The van der Waals surface area contributed by atoms with Crippen LogP contribution in [-0.4, -0.2) is 35.1 Å². The molecule has 0 aliphatic rings. The maximum Gasteiger partial charge on any atom is 0.243 e. The standard InChI is InChI=1S/C29H31Cl3N2O2S/c1-2-3-15-33-29(36)27(16-21-9-5-4-6-10-21)34(18-22-11-7-8-12-25(22)31)28(35)20-37-19-23-13-14-24(30)17-26(23)32/h4-14,17,27H,2-3,15-16,18-20H2,1H3,(H,33,36)/t27-/m0/s1. The number of benzene rings is 3. The van der Waals surface area contributed by atoms with Gasteiger partial charge in [0.15, 0.2) is 0 Å². The van der Waals surface area contributed by atoms with Gasteiger partial charge >= 0.3 is 0 Å². The van der Waals surface area contributed by atoms with Crippen LogP contribution < -0.4 is 5.32 Å². The van der Waals surface area contributed by atoms with Gasteiger partial charge in [-0.05, 0) is 41.3 Å². The Balaban J connectivity index is 1.84. The lowest BCUT2D eigenvalue weighted by atomic mass is 10.0. The topological polar surface area (TPSA) is 49.4 Å². The van der Waals surface area contributed by atoms with Gasteiger partial charge in [-0.3, -0.25) is 9.59 Å². The Morgan fingerprint density at radius 3 is 2.35 bits per heavy atom. The Morgan fingerprint density at radius 2 is 1.65 bits per heavy atom. The maximum atomic E-state index is 13.7. The first-order valence-electron chi connectivity index (χ1n) is 12.2. The lowest BCUT2D eigenvalue weighted by Gasteiger charge is -2.32. The molecule has 0 saturated carbocycles. The normalized spacial score (nSPS) is 11.7. The molecule has 0 bridgehead atoms. The highest BCUT2D eigenvalue weighted by Gasteiger charge is 2.30. The summed E-state index contributed by atoms with van der Waals surface area (Å²) in [4.78, 5) is 28.8. The molecule has 2 amide bonds. The fourth-order valence-corrected chi connectivity index (χ4v) is 5.50. The van der Waals surface area contributed by atoms with Crippen LogP contribution in [0.25, 0.3) is 0 Å². The van der Waals surface area contributed by atoms with Gasteiger partial charge in [-0.25, -0.2) is 0 Å². The third-order valence-corrected chi connectivity index (χ3v) is 7.82. The van der Waals surface area contributed by atoms with E-state index in [4.69, 9.17) is 34.8 Å². The van der Waals surface area contributed by atoms with E-state index in [2.05, 4.69) is 12.2 Å². The predicted octanol–water partition coefficient (Wildman–Crippen LogP) is 7.44. The Kier molecular flexibility index (Phi) is 12.1. The number of hydrogen-bond donors (Lipinski definition) is 1. The fourth-order valence-electron chi connectivity index (χ4n) is 3.84. The molecule has 8 heteroatoms. The van der Waals surface area contributed by atoms with Crippen molar-refractivity contribution in [3.05, 3.63) is 105 Å². The van der Waals surface area contributed by atoms with Crippen LogP contribution >= 0.6 is 46.6 Å². The van der Waals surface area contributed by atoms with E-state index in [-0.39, 0.29) is 24.1 Å². The summed E-state index contributed by atoms with van der Waals surface area (Å²) in [6.07, 6.45) is 2.25. The molecule has 37 heavy (non-hydrogen) atoms. The summed E-state index contributed by atoms with van der Waals surface area (Å²) >= 11 is 20.2. The molecule has 0 aromatic heterocycles. The first-order chi connectivity index (χ1) is 17.9. The second kappa shape index (κ2) is 15.3. The molecule has 4 nitrogen and oxygen atoms in total. The lowest BCUT2D eigenvalue weighted by molar-refractivity contribution is -0.139. The molecule has 0 aliphatic carbocycles. The van der Waals surface area contributed by atoms with E-state index in [1.54, 1.807) is 23.1 Å². The molecule has 0 radical (unpaired) electrons. The summed E-state index contributed by atoms with van der Waals surface area (Å²) in [5, 5.41) is 4.73. The summed E-state index contributed by atoms with van der Waals surface area (Å²) in [6.45, 7) is 2.88. The first kappa shape index (κ1) is 29.4. The van der Waals surface area contributed by atoms with E-state index in [9.17, 15) is 9.59 Å². The number of hydrogen-bond acceptors (Lipinski definition) is 3. The number of nitrogens with zero attached hydrogens (tertiary/aromatic N) is 1. The van der Waals surface area contributed by atoms with Gasteiger partial charge in [-0.15, -0.1) is 11.8 Å². The summed E-state index contributed by atoms with van der Waals surface area (Å²) in [5.41, 5.74) is 2.68. The van der Waals surface area contributed by atoms with Gasteiger partial charge in [0.25, 0.3) is 0 Å². The summed E-state index contributed by atoms with van der Waals surface area (Å²) in [7, 11) is 0. The van der Waals surface area contributed by atoms with E-state index in [0.29, 0.717) is 33.8 Å². The third kappa shape index (κ3) is 9.26. The smallest absolute Gasteiger partial charge is 0.243 e. The average molecular weight is 578 g/mol. The second-order valence-corrected chi connectivity index (χ2v) is 10.9. The van der Waals surface area contributed by atoms with Gasteiger partial charge in [0, 0.05) is 40.3 Å². The zero-order valence-electron chi connectivity index (χ0n) is 20.8. The number of halogens is 3. The van der Waals surface area contributed by atoms with Crippen molar-refractivity contribution in [1.82, 2.24) is 10.2 Å². The van der Waals surface area contributed by atoms with Crippen molar-refractivity contribution in [2.45, 2.75) is 44.5 Å². The van der Waals surface area contributed by atoms with E-state index in [1.165, 1.54) is 11.8 Å². The molecule has 3 aromatic rings. The minimum absolute atomic E-state index is 0.137. The highest BCUT2D eigenvalue weighted by atomic mass is 35.5. The van der Waals surface area contributed by atoms with E-state index >= 15 is 0 Å². The number of nitrogens with one attached hydrogen (secondary N) is 1. The molecule has 0 spiro atoms. The van der Waals surface area contributed by atoms with Crippen molar-refractivity contribution < 1.29 is 9.59 Å². The summed E-state index contributed by atoms with van der Waals surface area (Å²) < 4.78 is 0. The first-order valence-corrected chi connectivity index (χ1v) is 14.5. The minimum atomic E-state index is -0.678. The van der Waals surface area contributed by atoms with Gasteiger partial charge < -0.3 is 10.2 Å². The molecule has 0 aliphatic heterocycles. The van der Waals surface area contributed by atoms with Crippen molar-refractivity contribution in [3.8, 4) is 0 Å². The average Bonchev–Trinajstić information content (AvgIpc) is 2.89. The maximum absolute atomic E-state index is 13.7. The zero-order chi connectivity index (χ0) is 26.6. The highest BCUT2D eigenvalue weighted by molar-refractivity contribution is 7.99. The Bertz CT molecular complexity index is 1180. The second-order valence-electron chi connectivity index (χ2n) is 8.69. The molecule has 1 N–H and O–H groups in total. The number of unbranched alkanes of at least 4 members (excludes halogenated alkanes) is 1. The Labute approximate surface area is 238 Å². The molecule has 3 rings (SSSR count). The van der Waals surface area contributed by atoms with Crippen LogP contribution in [0.15, 0.2) is 72.8 Å². The van der Waals surface area contributed by atoms with Crippen LogP contribution in [0.5, 0.6) is 0 Å². The van der Waals surface area contributed by atoms with Crippen LogP contribution in [0, 0.1) is 0 Å². The molecule has 3 aromatic carbocycles. The number of rotatable bonds is 13. The van der Waals surface area contributed by atoms with Crippen LogP contribution in [0.2, 0.25) is 15.1 Å². The van der Waals surface area contributed by atoms with Crippen molar-refractivity contribution in [1.29, 1.82) is 0 Å². The van der Waals surface area contributed by atoms with Crippen LogP contribution in [-0.2, 0) is 28.3 Å². The minimum Gasteiger partial charge on any atom is -0.354 e. The molecular formula is C29H31Cl3N2O2S. The van der Waals surface area contributed by atoms with E-state index < -0.39 is 6.04 Å². The molecule has 0 unspecified atom stereocenters. The molecule has 1 atom stereocenters. The van der Waals surface area contributed by atoms with Crippen molar-refractivity contribution in [3.63, 3.8) is 0 Å². The molecule has 196 valence electrons. The van der Waals surface area contributed by atoms with E-state index in [0.717, 1.165) is 29.5 Å². The van der Waals surface area contributed by atoms with Crippen LogP contribution in [0.3, 0.4) is 0 Å².